The van der Waals surface area contributed by atoms with E-state index in [1.54, 1.807) is 12.1 Å². The van der Waals surface area contributed by atoms with E-state index in [1.165, 1.54) is 36.2 Å². The van der Waals surface area contributed by atoms with Crippen molar-refractivity contribution < 1.29 is 4.92 Å². The van der Waals surface area contributed by atoms with Gasteiger partial charge in [-0.05, 0) is 18.9 Å². The van der Waals surface area contributed by atoms with Crippen LogP contribution < -0.4 is 4.90 Å². The van der Waals surface area contributed by atoms with Crippen LogP contribution in [0.1, 0.15) is 37.8 Å². The molecule has 0 amide bonds. The Bertz CT molecular complexity index is 788. The first-order chi connectivity index (χ1) is 11.6. The molecule has 0 saturated heterocycles. The molecular weight excluding hydrogens is 308 g/mol. The molecule has 2 aromatic rings. The fourth-order valence-corrected chi connectivity index (χ4v) is 3.10. The topological polar surface area (TPSA) is 101 Å². The summed E-state index contributed by atoms with van der Waals surface area (Å²) in [5, 5.41) is 28.9. The summed E-state index contributed by atoms with van der Waals surface area (Å²) in [5.41, 5.74) is 0.657. The largest absolute Gasteiger partial charge is 0.353 e. The number of nitro groups is 1. The Kier molecular flexibility index (Phi) is 4.42. The Balaban J connectivity index is 1.94. The van der Waals surface area contributed by atoms with Crippen molar-refractivity contribution in [1.82, 2.24) is 15.0 Å². The molecular formula is C16H18N6O2. The Labute approximate surface area is 139 Å². The number of non-ortho nitro benzene ring substituents is 1. The van der Waals surface area contributed by atoms with E-state index in [0.717, 1.165) is 12.8 Å². The zero-order valence-corrected chi connectivity index (χ0v) is 13.4. The first-order valence-corrected chi connectivity index (χ1v) is 7.95. The van der Waals surface area contributed by atoms with Crippen molar-refractivity contribution in [2.24, 2.45) is 0 Å². The molecule has 1 aromatic heterocycles. The van der Waals surface area contributed by atoms with Crippen molar-refractivity contribution in [2.45, 2.75) is 38.1 Å². The first kappa shape index (κ1) is 15.9. The molecule has 0 spiro atoms. The van der Waals surface area contributed by atoms with Crippen LogP contribution in [-0.2, 0) is 0 Å². The first-order valence-electron chi connectivity index (χ1n) is 7.95. The summed E-state index contributed by atoms with van der Waals surface area (Å²) in [4.78, 5) is 13.8. The van der Waals surface area contributed by atoms with Gasteiger partial charge in [0.2, 0.25) is 5.69 Å². The van der Waals surface area contributed by atoms with Crippen LogP contribution >= 0.6 is 0 Å². The number of benzene rings is 1. The summed E-state index contributed by atoms with van der Waals surface area (Å²) in [6, 6.07) is 8.48. The van der Waals surface area contributed by atoms with Gasteiger partial charge in [-0.1, -0.05) is 25.3 Å². The predicted molar refractivity (Wildman–Crippen MR) is 88.0 cm³/mol. The van der Waals surface area contributed by atoms with E-state index >= 15 is 0 Å². The minimum absolute atomic E-state index is 0.0366. The Morgan fingerprint density at radius 3 is 2.75 bits per heavy atom. The summed E-state index contributed by atoms with van der Waals surface area (Å²) in [6.07, 6.45) is 5.75. The van der Waals surface area contributed by atoms with E-state index in [0.29, 0.717) is 17.5 Å². The molecule has 1 aromatic carbocycles. The number of rotatable bonds is 4. The molecule has 1 heterocycles. The van der Waals surface area contributed by atoms with E-state index in [2.05, 4.69) is 16.3 Å². The average Bonchev–Trinajstić information content (AvgIpc) is 3.06. The second kappa shape index (κ2) is 6.66. The smallest absolute Gasteiger partial charge is 0.271 e. The highest BCUT2D eigenvalue weighted by Gasteiger charge is 2.24. The highest BCUT2D eigenvalue weighted by atomic mass is 16.6. The number of hydrogen-bond donors (Lipinski definition) is 0. The monoisotopic (exact) mass is 326 g/mol. The fraction of sp³-hybridized carbons (Fsp3) is 0.438. The fourth-order valence-electron chi connectivity index (χ4n) is 3.10. The van der Waals surface area contributed by atoms with Crippen LogP contribution in [0.2, 0.25) is 0 Å². The van der Waals surface area contributed by atoms with E-state index in [4.69, 9.17) is 0 Å². The van der Waals surface area contributed by atoms with Gasteiger partial charge in [0.1, 0.15) is 6.07 Å². The molecule has 1 fully saturated rings. The molecule has 1 aliphatic rings. The number of anilines is 1. The highest BCUT2D eigenvalue weighted by molar-refractivity contribution is 5.51. The van der Waals surface area contributed by atoms with Crippen molar-refractivity contribution in [3.8, 4) is 11.8 Å². The van der Waals surface area contributed by atoms with Gasteiger partial charge >= 0.3 is 0 Å². The Morgan fingerprint density at radius 1 is 1.33 bits per heavy atom. The maximum atomic E-state index is 10.9. The van der Waals surface area contributed by atoms with Gasteiger partial charge in [-0.2, -0.15) is 5.26 Å². The standard InChI is InChI=1S/C16H18N6O2/c1-20(12-6-3-2-4-7-12)16-15(11-17)18-21(19-16)13-8-5-9-14(10-13)22(23)24/h5,8-10,12H,2-4,6-7H2,1H3. The van der Waals surface area contributed by atoms with Crippen LogP contribution in [-0.4, -0.2) is 33.0 Å². The number of aromatic nitrogens is 3. The molecule has 24 heavy (non-hydrogen) atoms. The second-order valence-electron chi connectivity index (χ2n) is 5.95. The van der Waals surface area contributed by atoms with Crippen molar-refractivity contribution in [1.29, 1.82) is 5.26 Å². The van der Waals surface area contributed by atoms with E-state index < -0.39 is 4.92 Å². The van der Waals surface area contributed by atoms with Gasteiger partial charge in [0.05, 0.1) is 10.6 Å². The van der Waals surface area contributed by atoms with Gasteiger partial charge in [0.15, 0.2) is 5.82 Å². The summed E-state index contributed by atoms with van der Waals surface area (Å²) in [5.74, 6) is 0.524. The van der Waals surface area contributed by atoms with Crippen molar-refractivity contribution in [3.05, 3.63) is 40.1 Å². The van der Waals surface area contributed by atoms with Gasteiger partial charge in [0.25, 0.3) is 5.69 Å². The third kappa shape index (κ3) is 3.06. The number of nitro benzene ring substituents is 1. The third-order valence-electron chi connectivity index (χ3n) is 4.43. The number of nitriles is 1. The minimum atomic E-state index is -0.465. The van der Waals surface area contributed by atoms with Gasteiger partial charge in [-0.3, -0.25) is 10.1 Å². The second-order valence-corrected chi connectivity index (χ2v) is 5.95. The Morgan fingerprint density at radius 2 is 2.08 bits per heavy atom. The lowest BCUT2D eigenvalue weighted by molar-refractivity contribution is -0.384. The molecule has 0 atom stereocenters. The zero-order valence-electron chi connectivity index (χ0n) is 13.4. The molecule has 0 bridgehead atoms. The summed E-state index contributed by atoms with van der Waals surface area (Å²) < 4.78 is 0. The van der Waals surface area contributed by atoms with Crippen molar-refractivity contribution in [2.75, 3.05) is 11.9 Å². The molecule has 1 saturated carbocycles. The number of nitrogens with zero attached hydrogens (tertiary/aromatic N) is 6. The van der Waals surface area contributed by atoms with Gasteiger partial charge in [-0.25, -0.2) is 0 Å². The zero-order chi connectivity index (χ0) is 17.1. The molecule has 1 aliphatic carbocycles. The molecule has 8 heteroatoms. The van der Waals surface area contributed by atoms with Crippen molar-refractivity contribution in [3.63, 3.8) is 0 Å². The summed E-state index contributed by atoms with van der Waals surface area (Å²) >= 11 is 0. The lowest BCUT2D eigenvalue weighted by atomic mass is 9.94. The van der Waals surface area contributed by atoms with Crippen LogP contribution in [0.25, 0.3) is 5.69 Å². The SMILES string of the molecule is CN(c1nn(-c2cccc([N+](=O)[O-])c2)nc1C#N)C1CCCCC1. The molecule has 0 radical (unpaired) electrons. The van der Waals surface area contributed by atoms with Crippen LogP contribution in [0, 0.1) is 21.4 Å². The highest BCUT2D eigenvalue weighted by Crippen LogP contribution is 2.27. The van der Waals surface area contributed by atoms with Gasteiger partial charge in [0, 0.05) is 25.2 Å². The molecule has 0 N–H and O–H groups in total. The maximum Gasteiger partial charge on any atom is 0.271 e. The van der Waals surface area contributed by atoms with Crippen LogP contribution in [0.5, 0.6) is 0 Å². The van der Waals surface area contributed by atoms with Crippen LogP contribution in [0.3, 0.4) is 0 Å². The summed E-state index contributed by atoms with van der Waals surface area (Å²) in [7, 11) is 1.93. The van der Waals surface area contributed by atoms with E-state index in [1.807, 2.05) is 11.9 Å². The molecule has 3 rings (SSSR count). The predicted octanol–water partition coefficient (Wildman–Crippen LogP) is 2.82. The third-order valence-corrected chi connectivity index (χ3v) is 4.43. The molecule has 8 nitrogen and oxygen atoms in total. The lowest BCUT2D eigenvalue weighted by Crippen LogP contribution is -2.34. The van der Waals surface area contributed by atoms with Crippen molar-refractivity contribution >= 4 is 11.5 Å². The minimum Gasteiger partial charge on any atom is -0.353 e. The molecule has 0 aliphatic heterocycles. The average molecular weight is 326 g/mol. The van der Waals surface area contributed by atoms with E-state index in [-0.39, 0.29) is 11.4 Å². The molecule has 0 unspecified atom stereocenters. The number of hydrogen-bond acceptors (Lipinski definition) is 6. The maximum absolute atomic E-state index is 10.9. The lowest BCUT2D eigenvalue weighted by Gasteiger charge is -2.31. The van der Waals surface area contributed by atoms with Crippen LogP contribution in [0.15, 0.2) is 24.3 Å². The quantitative estimate of drug-likeness (QED) is 0.632. The normalized spacial score (nSPS) is 15.0. The molecule has 124 valence electrons. The Hall–Kier alpha value is -2.95. The van der Waals surface area contributed by atoms with Gasteiger partial charge < -0.3 is 4.90 Å². The van der Waals surface area contributed by atoms with Gasteiger partial charge in [-0.15, -0.1) is 15.0 Å². The van der Waals surface area contributed by atoms with Crippen LogP contribution in [0.4, 0.5) is 11.5 Å². The van der Waals surface area contributed by atoms with E-state index in [9.17, 15) is 15.4 Å². The summed E-state index contributed by atoms with van der Waals surface area (Å²) in [6.45, 7) is 0.